The van der Waals surface area contributed by atoms with Crippen LogP contribution in [0.5, 0.6) is 17.6 Å². The molecule has 0 aromatic carbocycles. The zero-order chi connectivity index (χ0) is 20.6. The fourth-order valence-electron chi connectivity index (χ4n) is 2.68. The van der Waals surface area contributed by atoms with E-state index in [0.717, 1.165) is 0 Å². The Morgan fingerprint density at radius 1 is 1.38 bits per heavy atom. The van der Waals surface area contributed by atoms with Crippen molar-refractivity contribution in [2.24, 2.45) is 0 Å². The summed E-state index contributed by atoms with van der Waals surface area (Å²) in [6.07, 6.45) is 5.91. The zero-order valence-corrected chi connectivity index (χ0v) is 16.8. The summed E-state index contributed by atoms with van der Waals surface area (Å²) in [5.74, 6) is 0.644. The largest absolute Gasteiger partial charge is 0.488 e. The van der Waals surface area contributed by atoms with Gasteiger partial charge in [-0.05, 0) is 18.2 Å². The molecule has 0 aliphatic carbocycles. The van der Waals surface area contributed by atoms with Gasteiger partial charge < -0.3 is 23.8 Å². The van der Waals surface area contributed by atoms with Gasteiger partial charge in [0, 0.05) is 25.0 Å². The van der Waals surface area contributed by atoms with Crippen LogP contribution in [0.25, 0.3) is 6.08 Å². The lowest BCUT2D eigenvalue weighted by Gasteiger charge is -2.32. The van der Waals surface area contributed by atoms with Gasteiger partial charge in [-0.1, -0.05) is 11.6 Å². The number of aromatic nitrogens is 3. The van der Waals surface area contributed by atoms with Gasteiger partial charge in [0.2, 0.25) is 11.8 Å². The lowest BCUT2D eigenvalue weighted by molar-refractivity contribution is -0.134. The number of nitrogens with zero attached hydrogens (tertiary/aromatic N) is 4. The third kappa shape index (κ3) is 5.55. The van der Waals surface area contributed by atoms with Gasteiger partial charge in [0.15, 0.2) is 10.9 Å². The first-order valence-corrected chi connectivity index (χ1v) is 9.25. The Morgan fingerprint density at radius 3 is 3.00 bits per heavy atom. The highest BCUT2D eigenvalue weighted by molar-refractivity contribution is 6.30. The molecule has 3 rings (SSSR count). The minimum atomic E-state index is -0.267. The molecule has 1 atom stereocenters. The third-order valence-electron chi connectivity index (χ3n) is 4.14. The molecule has 29 heavy (non-hydrogen) atoms. The first-order valence-electron chi connectivity index (χ1n) is 8.87. The summed E-state index contributed by atoms with van der Waals surface area (Å²) in [6.45, 7) is 1.57. The van der Waals surface area contributed by atoms with Crippen LogP contribution in [0.1, 0.15) is 5.56 Å². The number of pyridine rings is 1. The highest BCUT2D eigenvalue weighted by atomic mass is 35.5. The molecule has 154 valence electrons. The van der Waals surface area contributed by atoms with Crippen LogP contribution in [0, 0.1) is 0 Å². The number of hydrogen-bond donors (Lipinski definition) is 0. The van der Waals surface area contributed by atoms with Crippen molar-refractivity contribution in [1.29, 1.82) is 0 Å². The number of amides is 1. The molecule has 1 fully saturated rings. The molecular weight excluding hydrogens is 400 g/mol. The van der Waals surface area contributed by atoms with E-state index in [1.807, 2.05) is 0 Å². The number of morpholine rings is 1. The smallest absolute Gasteiger partial charge is 0.319 e. The molecule has 0 N–H and O–H groups in total. The van der Waals surface area contributed by atoms with Crippen molar-refractivity contribution in [3.63, 3.8) is 0 Å². The molecule has 2 aromatic heterocycles. The number of hydrogen-bond acceptors (Lipinski definition) is 8. The minimum absolute atomic E-state index is 0.157. The summed E-state index contributed by atoms with van der Waals surface area (Å²) < 4.78 is 21.5. The fourth-order valence-corrected chi connectivity index (χ4v) is 2.86. The summed E-state index contributed by atoms with van der Waals surface area (Å²) >= 11 is 5.99. The molecule has 0 saturated carbocycles. The summed E-state index contributed by atoms with van der Waals surface area (Å²) in [5.41, 5.74) is 0.570. The SMILES string of the molecule is COc1ncc(C=CC(=O)N2CCOC(COc3cccnc3Cl)C2)c(OC)n1. The van der Waals surface area contributed by atoms with Crippen LogP contribution < -0.4 is 14.2 Å². The van der Waals surface area contributed by atoms with Gasteiger partial charge in [0.05, 0.1) is 32.9 Å². The number of methoxy groups -OCH3 is 2. The van der Waals surface area contributed by atoms with Crippen LogP contribution >= 0.6 is 11.6 Å². The fraction of sp³-hybridized carbons (Fsp3) is 0.368. The van der Waals surface area contributed by atoms with Crippen molar-refractivity contribution in [3.8, 4) is 17.6 Å². The van der Waals surface area contributed by atoms with Crippen LogP contribution in [0.2, 0.25) is 5.15 Å². The van der Waals surface area contributed by atoms with Crippen LogP contribution in [-0.2, 0) is 9.53 Å². The van der Waals surface area contributed by atoms with E-state index in [0.29, 0.717) is 36.9 Å². The molecule has 1 saturated heterocycles. The Bertz CT molecular complexity index is 879. The molecule has 0 spiro atoms. The second-order valence-corrected chi connectivity index (χ2v) is 6.39. The van der Waals surface area contributed by atoms with E-state index in [1.54, 1.807) is 29.3 Å². The second kappa shape index (κ2) is 10.0. The molecule has 10 heteroatoms. The van der Waals surface area contributed by atoms with E-state index in [1.165, 1.54) is 26.5 Å². The molecular formula is C19H21ClN4O5. The van der Waals surface area contributed by atoms with Gasteiger partial charge in [-0.3, -0.25) is 4.79 Å². The lowest BCUT2D eigenvalue weighted by atomic mass is 10.2. The van der Waals surface area contributed by atoms with Gasteiger partial charge in [-0.15, -0.1) is 0 Å². The highest BCUT2D eigenvalue weighted by Gasteiger charge is 2.24. The van der Waals surface area contributed by atoms with Crippen LogP contribution in [0.4, 0.5) is 0 Å². The Kier molecular flexibility index (Phi) is 7.20. The quantitative estimate of drug-likeness (QED) is 0.494. The molecule has 2 aromatic rings. The van der Waals surface area contributed by atoms with Gasteiger partial charge in [0.1, 0.15) is 12.7 Å². The number of rotatable bonds is 7. The predicted molar refractivity (Wildman–Crippen MR) is 105 cm³/mol. The molecule has 1 amide bonds. The van der Waals surface area contributed by atoms with E-state index in [9.17, 15) is 4.79 Å². The minimum Gasteiger partial charge on any atom is -0.488 e. The van der Waals surface area contributed by atoms with Crippen molar-refractivity contribution in [3.05, 3.63) is 41.3 Å². The Hall–Kier alpha value is -2.91. The first-order chi connectivity index (χ1) is 14.1. The normalized spacial score (nSPS) is 16.7. The Labute approximate surface area is 173 Å². The van der Waals surface area contributed by atoms with Gasteiger partial charge in [-0.25, -0.2) is 9.97 Å². The van der Waals surface area contributed by atoms with E-state index in [-0.39, 0.29) is 29.8 Å². The molecule has 1 aliphatic rings. The number of carbonyl (C=O) groups excluding carboxylic acids is 1. The maximum absolute atomic E-state index is 12.6. The Balaban J connectivity index is 1.58. The average molecular weight is 421 g/mol. The van der Waals surface area contributed by atoms with Gasteiger partial charge in [-0.2, -0.15) is 4.98 Å². The van der Waals surface area contributed by atoms with Crippen LogP contribution in [0.15, 0.2) is 30.6 Å². The highest BCUT2D eigenvalue weighted by Crippen LogP contribution is 2.21. The monoisotopic (exact) mass is 420 g/mol. The molecule has 9 nitrogen and oxygen atoms in total. The Morgan fingerprint density at radius 2 is 2.24 bits per heavy atom. The van der Waals surface area contributed by atoms with Crippen molar-refractivity contribution in [1.82, 2.24) is 19.9 Å². The van der Waals surface area contributed by atoms with Crippen molar-refractivity contribution < 1.29 is 23.7 Å². The van der Waals surface area contributed by atoms with E-state index < -0.39 is 0 Å². The molecule has 3 heterocycles. The lowest BCUT2D eigenvalue weighted by Crippen LogP contribution is -2.47. The number of ether oxygens (including phenoxy) is 4. The molecule has 0 radical (unpaired) electrons. The van der Waals surface area contributed by atoms with Crippen molar-refractivity contribution in [2.75, 3.05) is 40.5 Å². The topological polar surface area (TPSA) is 95.9 Å². The standard InChI is InChI=1S/C19H21ClN4O5/c1-26-18-13(10-22-19(23-18)27-2)5-6-16(25)24-8-9-28-14(11-24)12-29-15-4-3-7-21-17(15)20/h3-7,10,14H,8-9,11-12H2,1-2H3. The van der Waals surface area contributed by atoms with Crippen LogP contribution in [-0.4, -0.2) is 72.4 Å². The molecule has 1 aliphatic heterocycles. The second-order valence-electron chi connectivity index (χ2n) is 6.04. The summed E-state index contributed by atoms with van der Waals surface area (Å²) in [5, 5.41) is 0.287. The van der Waals surface area contributed by atoms with E-state index >= 15 is 0 Å². The predicted octanol–water partition coefficient (Wildman–Crippen LogP) is 1.86. The number of halogens is 1. The summed E-state index contributed by atoms with van der Waals surface area (Å²) in [6, 6.07) is 3.66. The summed E-state index contributed by atoms with van der Waals surface area (Å²) in [4.78, 5) is 26.3. The summed E-state index contributed by atoms with van der Waals surface area (Å²) in [7, 11) is 2.96. The van der Waals surface area contributed by atoms with E-state index in [4.69, 9.17) is 30.5 Å². The van der Waals surface area contributed by atoms with Crippen molar-refractivity contribution >= 4 is 23.6 Å². The molecule has 1 unspecified atom stereocenters. The zero-order valence-electron chi connectivity index (χ0n) is 16.1. The third-order valence-corrected chi connectivity index (χ3v) is 4.42. The van der Waals surface area contributed by atoms with Crippen molar-refractivity contribution in [2.45, 2.75) is 6.10 Å². The maximum atomic E-state index is 12.6. The number of carbonyl (C=O) groups is 1. The van der Waals surface area contributed by atoms with E-state index in [2.05, 4.69) is 15.0 Å². The first kappa shape index (κ1) is 20.8. The van der Waals surface area contributed by atoms with Gasteiger partial charge in [0.25, 0.3) is 0 Å². The van der Waals surface area contributed by atoms with Gasteiger partial charge >= 0.3 is 6.01 Å². The average Bonchev–Trinajstić information content (AvgIpc) is 2.77. The molecule has 0 bridgehead atoms. The maximum Gasteiger partial charge on any atom is 0.319 e. The van der Waals surface area contributed by atoms with Crippen LogP contribution in [0.3, 0.4) is 0 Å².